The molecule has 1 unspecified atom stereocenters. The highest BCUT2D eigenvalue weighted by molar-refractivity contribution is 6.05. The van der Waals surface area contributed by atoms with Gasteiger partial charge in [0, 0.05) is 36.4 Å². The maximum Gasteiger partial charge on any atom is 0.281 e. The molecule has 0 aromatic carbocycles. The maximum absolute atomic E-state index is 12.7. The molecule has 3 heterocycles. The van der Waals surface area contributed by atoms with Crippen LogP contribution in [0.4, 0.5) is 5.95 Å². The molecular weight excluding hydrogens is 392 g/mol. The molecule has 0 fully saturated rings. The van der Waals surface area contributed by atoms with Crippen LogP contribution in [-0.4, -0.2) is 36.5 Å². The fourth-order valence-electron chi connectivity index (χ4n) is 3.14. The van der Waals surface area contributed by atoms with Gasteiger partial charge in [-0.3, -0.25) is 14.5 Å². The van der Waals surface area contributed by atoms with Crippen molar-refractivity contribution in [3.05, 3.63) is 54.2 Å². The van der Waals surface area contributed by atoms with E-state index in [1.54, 1.807) is 29.5 Å². The topological polar surface area (TPSA) is 138 Å². The Kier molecular flexibility index (Phi) is 6.14. The number of carbonyl (C=O) groups excluding carboxylic acids is 1. The highest BCUT2D eigenvalue weighted by Crippen LogP contribution is 2.33. The van der Waals surface area contributed by atoms with Gasteiger partial charge in [-0.2, -0.15) is 10.1 Å². The first kappa shape index (κ1) is 22.1. The Morgan fingerprint density at radius 1 is 1.06 bits per heavy atom. The van der Waals surface area contributed by atoms with E-state index in [0.29, 0.717) is 11.3 Å². The standard InChI is InChI=1S/C22H28N8O/c1-13(2)22(5,20(23)29-19(31)16-10-28-30(12-16)14(3)4)17-6-7-18(25-11-17)15-8-26-21(24)27-9-15/h6-14H,1-5H3,(H2,23,29,31)(H2,24,26,27). The predicted octanol–water partition coefficient (Wildman–Crippen LogP) is 3.01. The summed E-state index contributed by atoms with van der Waals surface area (Å²) in [7, 11) is 0. The number of pyridine rings is 1. The van der Waals surface area contributed by atoms with E-state index in [2.05, 4.69) is 25.0 Å². The number of rotatable bonds is 6. The van der Waals surface area contributed by atoms with E-state index in [1.807, 2.05) is 46.8 Å². The molecule has 1 amide bonds. The van der Waals surface area contributed by atoms with Gasteiger partial charge in [0.25, 0.3) is 5.91 Å². The monoisotopic (exact) mass is 420 g/mol. The molecule has 0 aliphatic rings. The summed E-state index contributed by atoms with van der Waals surface area (Å²) in [6.45, 7) is 10.0. The summed E-state index contributed by atoms with van der Waals surface area (Å²) in [5.74, 6) is 0.0883. The van der Waals surface area contributed by atoms with E-state index in [0.717, 1.165) is 11.1 Å². The van der Waals surface area contributed by atoms with Crippen LogP contribution in [0.3, 0.4) is 0 Å². The normalized spacial score (nSPS) is 14.1. The van der Waals surface area contributed by atoms with E-state index in [4.69, 9.17) is 11.5 Å². The molecule has 0 saturated carbocycles. The molecule has 0 saturated heterocycles. The molecule has 0 aliphatic carbocycles. The lowest BCUT2D eigenvalue weighted by Gasteiger charge is -2.33. The second-order valence-electron chi connectivity index (χ2n) is 8.22. The SMILES string of the molecule is CC(C)n1cc(C(=O)N=C(N)C(C)(c2ccc(-c3cnc(N)nc3)nc2)C(C)C)cn1. The number of aromatic nitrogens is 5. The molecule has 0 spiro atoms. The highest BCUT2D eigenvalue weighted by Gasteiger charge is 2.36. The van der Waals surface area contributed by atoms with Gasteiger partial charge in [0.2, 0.25) is 5.95 Å². The first-order valence-electron chi connectivity index (χ1n) is 10.1. The first-order valence-corrected chi connectivity index (χ1v) is 10.1. The van der Waals surface area contributed by atoms with Crippen LogP contribution in [0.1, 0.15) is 56.6 Å². The number of nitrogen functional groups attached to an aromatic ring is 1. The molecular formula is C22H28N8O. The van der Waals surface area contributed by atoms with E-state index in [-0.39, 0.29) is 23.7 Å². The third-order valence-electron chi connectivity index (χ3n) is 5.62. The van der Waals surface area contributed by atoms with Crippen LogP contribution in [0.2, 0.25) is 0 Å². The number of amides is 1. The summed E-state index contributed by atoms with van der Waals surface area (Å²) in [4.78, 5) is 29.5. The zero-order chi connectivity index (χ0) is 22.8. The summed E-state index contributed by atoms with van der Waals surface area (Å²) < 4.78 is 1.71. The third-order valence-corrected chi connectivity index (χ3v) is 5.62. The van der Waals surface area contributed by atoms with Gasteiger partial charge in [-0.15, -0.1) is 0 Å². The number of hydrogen-bond donors (Lipinski definition) is 2. The van der Waals surface area contributed by atoms with E-state index >= 15 is 0 Å². The molecule has 0 radical (unpaired) electrons. The van der Waals surface area contributed by atoms with Gasteiger partial charge in [-0.05, 0) is 38.3 Å². The second-order valence-corrected chi connectivity index (χ2v) is 8.22. The van der Waals surface area contributed by atoms with Gasteiger partial charge in [0.15, 0.2) is 0 Å². The van der Waals surface area contributed by atoms with Gasteiger partial charge in [0.05, 0.1) is 22.9 Å². The second kappa shape index (κ2) is 8.63. The summed E-state index contributed by atoms with van der Waals surface area (Å²) in [5, 5.41) is 4.20. The molecule has 162 valence electrons. The quantitative estimate of drug-likeness (QED) is 0.462. The molecule has 4 N–H and O–H groups in total. The van der Waals surface area contributed by atoms with Gasteiger partial charge in [0.1, 0.15) is 5.84 Å². The lowest BCUT2D eigenvalue weighted by atomic mass is 9.73. The Bertz CT molecular complexity index is 1080. The van der Waals surface area contributed by atoms with Crippen LogP contribution in [0.25, 0.3) is 11.3 Å². The number of nitrogens with zero attached hydrogens (tertiary/aromatic N) is 6. The van der Waals surface area contributed by atoms with E-state index in [1.165, 1.54) is 6.20 Å². The molecule has 31 heavy (non-hydrogen) atoms. The number of nitrogens with two attached hydrogens (primary N) is 2. The molecule has 3 rings (SSSR count). The lowest BCUT2D eigenvalue weighted by Crippen LogP contribution is -2.43. The van der Waals surface area contributed by atoms with Crippen LogP contribution >= 0.6 is 0 Å². The minimum Gasteiger partial charge on any atom is -0.386 e. The minimum atomic E-state index is -0.688. The number of aliphatic imine (C=N–C) groups is 1. The molecule has 3 aromatic rings. The average Bonchev–Trinajstić information content (AvgIpc) is 3.24. The van der Waals surface area contributed by atoms with Crippen molar-refractivity contribution in [1.82, 2.24) is 24.7 Å². The van der Waals surface area contributed by atoms with Crippen molar-refractivity contribution < 1.29 is 4.79 Å². The number of anilines is 1. The van der Waals surface area contributed by atoms with Gasteiger partial charge >= 0.3 is 0 Å². The van der Waals surface area contributed by atoms with Crippen LogP contribution in [0, 0.1) is 5.92 Å². The molecule has 1 atom stereocenters. The summed E-state index contributed by atoms with van der Waals surface area (Å²) in [6.07, 6.45) is 8.18. The zero-order valence-electron chi connectivity index (χ0n) is 18.4. The zero-order valence-corrected chi connectivity index (χ0v) is 18.4. The lowest BCUT2D eigenvalue weighted by molar-refractivity contribution is 0.100. The van der Waals surface area contributed by atoms with Crippen LogP contribution in [0.5, 0.6) is 0 Å². The molecule has 9 nitrogen and oxygen atoms in total. The smallest absolute Gasteiger partial charge is 0.281 e. The van der Waals surface area contributed by atoms with Gasteiger partial charge in [-0.25, -0.2) is 9.97 Å². The summed E-state index contributed by atoms with van der Waals surface area (Å²) in [6, 6.07) is 3.95. The minimum absolute atomic E-state index is 0.0648. The Hall–Kier alpha value is -3.62. The molecule has 0 bridgehead atoms. The molecule has 3 aromatic heterocycles. The van der Waals surface area contributed by atoms with Crippen molar-refractivity contribution in [3.63, 3.8) is 0 Å². The predicted molar refractivity (Wildman–Crippen MR) is 120 cm³/mol. The average molecular weight is 421 g/mol. The van der Waals surface area contributed by atoms with Crippen LogP contribution in [-0.2, 0) is 5.41 Å². The summed E-state index contributed by atoms with van der Waals surface area (Å²) in [5.41, 5.74) is 14.0. The Morgan fingerprint density at radius 2 is 1.74 bits per heavy atom. The largest absolute Gasteiger partial charge is 0.386 e. The Balaban J connectivity index is 1.92. The Morgan fingerprint density at radius 3 is 2.26 bits per heavy atom. The van der Waals surface area contributed by atoms with Crippen molar-refractivity contribution in [1.29, 1.82) is 0 Å². The first-order chi connectivity index (χ1) is 14.6. The molecule has 0 aliphatic heterocycles. The molecule has 9 heteroatoms. The van der Waals surface area contributed by atoms with Gasteiger partial charge in [-0.1, -0.05) is 19.9 Å². The van der Waals surface area contributed by atoms with Crippen LogP contribution in [0.15, 0.2) is 48.1 Å². The van der Waals surface area contributed by atoms with Crippen molar-refractivity contribution in [2.45, 2.75) is 46.1 Å². The number of carbonyl (C=O) groups is 1. The number of hydrogen-bond acceptors (Lipinski definition) is 6. The highest BCUT2D eigenvalue weighted by atomic mass is 16.1. The maximum atomic E-state index is 12.7. The van der Waals surface area contributed by atoms with E-state index in [9.17, 15) is 4.79 Å². The fraction of sp³-hybridized carbons (Fsp3) is 0.364. The Labute approximate surface area is 181 Å². The van der Waals surface area contributed by atoms with Crippen molar-refractivity contribution in [2.75, 3.05) is 5.73 Å². The third kappa shape index (κ3) is 4.45. The van der Waals surface area contributed by atoms with Crippen molar-refractivity contribution >= 4 is 17.7 Å². The summed E-state index contributed by atoms with van der Waals surface area (Å²) >= 11 is 0. The fourth-order valence-corrected chi connectivity index (χ4v) is 3.14. The van der Waals surface area contributed by atoms with Gasteiger partial charge < -0.3 is 11.5 Å². The number of amidine groups is 1. The van der Waals surface area contributed by atoms with Crippen LogP contribution < -0.4 is 11.5 Å². The van der Waals surface area contributed by atoms with E-state index < -0.39 is 11.3 Å². The van der Waals surface area contributed by atoms with Crippen molar-refractivity contribution in [3.8, 4) is 11.3 Å². The van der Waals surface area contributed by atoms with Crippen molar-refractivity contribution in [2.24, 2.45) is 16.6 Å².